The molecule has 0 radical (unpaired) electrons. The molecule has 2 rings (SSSR count). The number of para-hydroxylation sites is 1. The molecular weight excluding hydrogens is 174 g/mol. The van der Waals surface area contributed by atoms with Crippen molar-refractivity contribution in [3.8, 4) is 0 Å². The van der Waals surface area contributed by atoms with Crippen LogP contribution in [0, 0.1) is 5.41 Å². The number of hydrogen-bond acceptors (Lipinski definition) is 1. The van der Waals surface area contributed by atoms with Gasteiger partial charge < -0.3 is 4.90 Å². The molecule has 0 bridgehead atoms. The molecule has 1 amide bonds. The highest BCUT2D eigenvalue weighted by atomic mass is 16.2. The minimum absolute atomic E-state index is 0.185. The predicted molar refractivity (Wildman–Crippen MR) is 57.2 cm³/mol. The van der Waals surface area contributed by atoms with Gasteiger partial charge in [0.05, 0.1) is 0 Å². The van der Waals surface area contributed by atoms with Crippen molar-refractivity contribution in [1.82, 2.24) is 0 Å². The first-order chi connectivity index (χ1) is 6.61. The van der Waals surface area contributed by atoms with E-state index in [1.807, 2.05) is 49.1 Å². The Labute approximate surface area is 84.5 Å². The van der Waals surface area contributed by atoms with Gasteiger partial charge in [-0.1, -0.05) is 32.0 Å². The molecule has 1 aromatic rings. The second kappa shape index (κ2) is 3.12. The number of anilines is 1. The lowest BCUT2D eigenvalue weighted by Gasteiger charge is -2.19. The number of rotatable bonds is 1. The molecule has 0 aliphatic carbocycles. The molecule has 14 heavy (non-hydrogen) atoms. The van der Waals surface area contributed by atoms with E-state index in [-0.39, 0.29) is 11.3 Å². The summed E-state index contributed by atoms with van der Waals surface area (Å²) >= 11 is 0. The van der Waals surface area contributed by atoms with Crippen LogP contribution in [-0.2, 0) is 4.79 Å². The van der Waals surface area contributed by atoms with E-state index in [0.29, 0.717) is 0 Å². The van der Waals surface area contributed by atoms with Crippen molar-refractivity contribution in [1.29, 1.82) is 0 Å². The summed E-state index contributed by atoms with van der Waals surface area (Å²) in [4.78, 5) is 13.8. The highest BCUT2D eigenvalue weighted by molar-refractivity contribution is 5.99. The number of benzene rings is 1. The fourth-order valence-electron chi connectivity index (χ4n) is 1.82. The maximum absolute atomic E-state index is 12.0. The average molecular weight is 189 g/mol. The Balaban J connectivity index is 2.27. The zero-order valence-electron chi connectivity index (χ0n) is 8.66. The Morgan fingerprint density at radius 1 is 1.21 bits per heavy atom. The summed E-state index contributed by atoms with van der Waals surface area (Å²) in [6.07, 6.45) is 0.945. The van der Waals surface area contributed by atoms with Crippen LogP contribution in [0.3, 0.4) is 0 Å². The summed E-state index contributed by atoms with van der Waals surface area (Å²) in [5.74, 6) is 0.240. The normalized spacial score (nSPS) is 20.1. The molecule has 1 saturated heterocycles. The maximum Gasteiger partial charge on any atom is 0.232 e. The number of carbonyl (C=O) groups excluding carboxylic acids is 1. The first-order valence-corrected chi connectivity index (χ1v) is 4.98. The third-order valence-electron chi connectivity index (χ3n) is 2.85. The van der Waals surface area contributed by atoms with Gasteiger partial charge in [0.2, 0.25) is 5.91 Å². The quantitative estimate of drug-likeness (QED) is 0.664. The first-order valence-electron chi connectivity index (χ1n) is 4.98. The highest BCUT2D eigenvalue weighted by Gasteiger charge is 2.38. The Morgan fingerprint density at radius 3 is 2.36 bits per heavy atom. The molecule has 2 heteroatoms. The van der Waals surface area contributed by atoms with Gasteiger partial charge in [0.25, 0.3) is 0 Å². The molecule has 2 nitrogen and oxygen atoms in total. The molecule has 1 aromatic carbocycles. The summed E-state index contributed by atoms with van der Waals surface area (Å²) in [5.41, 5.74) is 0.832. The van der Waals surface area contributed by atoms with Crippen LogP contribution in [0.1, 0.15) is 20.3 Å². The van der Waals surface area contributed by atoms with E-state index in [0.717, 1.165) is 18.7 Å². The van der Waals surface area contributed by atoms with Crippen molar-refractivity contribution in [2.75, 3.05) is 11.4 Å². The van der Waals surface area contributed by atoms with Gasteiger partial charge >= 0.3 is 0 Å². The minimum Gasteiger partial charge on any atom is -0.312 e. The largest absolute Gasteiger partial charge is 0.312 e. The van der Waals surface area contributed by atoms with E-state index in [1.165, 1.54) is 0 Å². The Morgan fingerprint density at radius 2 is 1.86 bits per heavy atom. The van der Waals surface area contributed by atoms with E-state index in [9.17, 15) is 4.79 Å². The molecule has 1 heterocycles. The van der Waals surface area contributed by atoms with Gasteiger partial charge in [0.1, 0.15) is 0 Å². The molecule has 0 aromatic heterocycles. The van der Waals surface area contributed by atoms with Crippen molar-refractivity contribution in [3.63, 3.8) is 0 Å². The summed E-state index contributed by atoms with van der Waals surface area (Å²) in [6, 6.07) is 9.87. The molecule has 0 spiro atoms. The minimum atomic E-state index is -0.185. The lowest BCUT2D eigenvalue weighted by molar-refractivity contribution is -0.123. The topological polar surface area (TPSA) is 20.3 Å². The van der Waals surface area contributed by atoms with Gasteiger partial charge in [-0.3, -0.25) is 4.79 Å². The molecule has 0 saturated carbocycles. The van der Waals surface area contributed by atoms with Gasteiger partial charge in [-0.05, 0) is 18.6 Å². The fourth-order valence-corrected chi connectivity index (χ4v) is 1.82. The SMILES string of the molecule is CC1(C)CCN(c2ccccc2)C1=O. The number of amides is 1. The Kier molecular flexibility index (Phi) is 2.06. The Bertz CT molecular complexity index is 343. The first kappa shape index (κ1) is 9.25. The zero-order valence-corrected chi connectivity index (χ0v) is 8.66. The van der Waals surface area contributed by atoms with Crippen LogP contribution in [-0.4, -0.2) is 12.5 Å². The van der Waals surface area contributed by atoms with Crippen molar-refractivity contribution < 1.29 is 4.79 Å². The summed E-state index contributed by atoms with van der Waals surface area (Å²) in [7, 11) is 0. The van der Waals surface area contributed by atoms with Crippen LogP contribution in [0.25, 0.3) is 0 Å². The van der Waals surface area contributed by atoms with E-state index in [1.54, 1.807) is 0 Å². The predicted octanol–water partition coefficient (Wildman–Crippen LogP) is 2.45. The van der Waals surface area contributed by atoms with Gasteiger partial charge in [-0.2, -0.15) is 0 Å². The van der Waals surface area contributed by atoms with E-state index >= 15 is 0 Å². The molecule has 0 N–H and O–H groups in total. The lowest BCUT2D eigenvalue weighted by atomic mass is 9.92. The van der Waals surface area contributed by atoms with Crippen LogP contribution in [0.4, 0.5) is 5.69 Å². The molecule has 1 aliphatic rings. The van der Waals surface area contributed by atoms with Crippen molar-refractivity contribution in [3.05, 3.63) is 30.3 Å². The Hall–Kier alpha value is -1.31. The second-order valence-electron chi connectivity index (χ2n) is 4.43. The van der Waals surface area contributed by atoms with Gasteiger partial charge in [-0.25, -0.2) is 0 Å². The smallest absolute Gasteiger partial charge is 0.232 e. The third-order valence-corrected chi connectivity index (χ3v) is 2.85. The average Bonchev–Trinajstić information content (AvgIpc) is 2.44. The molecule has 0 unspecified atom stereocenters. The van der Waals surface area contributed by atoms with Gasteiger partial charge in [0, 0.05) is 17.6 Å². The number of hydrogen-bond donors (Lipinski definition) is 0. The third kappa shape index (κ3) is 1.41. The molecule has 0 atom stereocenters. The molecule has 1 aliphatic heterocycles. The molecule has 74 valence electrons. The molecule has 1 fully saturated rings. The van der Waals surface area contributed by atoms with Gasteiger partial charge in [-0.15, -0.1) is 0 Å². The van der Waals surface area contributed by atoms with E-state index in [2.05, 4.69) is 0 Å². The van der Waals surface area contributed by atoms with Crippen LogP contribution in [0.15, 0.2) is 30.3 Å². The van der Waals surface area contributed by atoms with Crippen molar-refractivity contribution in [2.45, 2.75) is 20.3 Å². The second-order valence-corrected chi connectivity index (χ2v) is 4.43. The van der Waals surface area contributed by atoms with Crippen molar-refractivity contribution in [2.24, 2.45) is 5.41 Å². The van der Waals surface area contributed by atoms with Crippen LogP contribution in [0.2, 0.25) is 0 Å². The van der Waals surface area contributed by atoms with Crippen LogP contribution in [0.5, 0.6) is 0 Å². The maximum atomic E-state index is 12.0. The monoisotopic (exact) mass is 189 g/mol. The van der Waals surface area contributed by atoms with E-state index in [4.69, 9.17) is 0 Å². The molecular formula is C12H15NO. The summed E-state index contributed by atoms with van der Waals surface area (Å²) in [6.45, 7) is 4.87. The summed E-state index contributed by atoms with van der Waals surface area (Å²) in [5, 5.41) is 0. The fraction of sp³-hybridized carbons (Fsp3) is 0.417. The standard InChI is InChI=1S/C12H15NO/c1-12(2)8-9-13(11(12)14)10-6-4-3-5-7-10/h3-7H,8-9H2,1-2H3. The van der Waals surface area contributed by atoms with Crippen LogP contribution < -0.4 is 4.90 Å². The summed E-state index contributed by atoms with van der Waals surface area (Å²) < 4.78 is 0. The number of carbonyl (C=O) groups is 1. The van der Waals surface area contributed by atoms with Crippen molar-refractivity contribution >= 4 is 11.6 Å². The van der Waals surface area contributed by atoms with Gasteiger partial charge in [0.15, 0.2) is 0 Å². The zero-order chi connectivity index (χ0) is 10.2. The number of nitrogens with zero attached hydrogens (tertiary/aromatic N) is 1. The van der Waals surface area contributed by atoms with E-state index < -0.39 is 0 Å². The van der Waals surface area contributed by atoms with Crippen LogP contribution >= 0.6 is 0 Å². The lowest BCUT2D eigenvalue weighted by Crippen LogP contribution is -2.30. The highest BCUT2D eigenvalue weighted by Crippen LogP contribution is 2.33.